The Kier molecular flexibility index (Phi) is 1.09. The number of nitrogens with zero attached hydrogens (tertiary/aromatic N) is 1. The molecule has 0 spiro atoms. The minimum absolute atomic E-state index is 0.164. The standard InChI is InChI=1S/C7H7N2O/c10-7(5-1-2-5)6-3-8-4-9-6/h3,5H,1-2H2,(H,8,9). The van der Waals surface area contributed by atoms with Crippen LogP contribution in [0.4, 0.5) is 0 Å². The Balaban J connectivity index is 2.19. The zero-order chi connectivity index (χ0) is 6.97. The van der Waals surface area contributed by atoms with E-state index in [1.807, 2.05) is 0 Å². The Morgan fingerprint density at radius 1 is 1.80 bits per heavy atom. The quantitative estimate of drug-likeness (QED) is 0.610. The van der Waals surface area contributed by atoms with Gasteiger partial charge in [0, 0.05) is 12.1 Å². The topological polar surface area (TPSA) is 45.8 Å². The van der Waals surface area contributed by atoms with E-state index in [9.17, 15) is 4.79 Å². The molecule has 0 saturated heterocycles. The second kappa shape index (κ2) is 1.94. The first kappa shape index (κ1) is 5.65. The molecule has 10 heavy (non-hydrogen) atoms. The molecule has 1 fully saturated rings. The number of hydrogen-bond donors (Lipinski definition) is 1. The summed E-state index contributed by atoms with van der Waals surface area (Å²) >= 11 is 0. The molecular weight excluding hydrogens is 128 g/mol. The summed E-state index contributed by atoms with van der Waals surface area (Å²) in [4.78, 5) is 17.5. The van der Waals surface area contributed by atoms with Gasteiger partial charge in [-0.15, -0.1) is 0 Å². The van der Waals surface area contributed by atoms with Crippen molar-refractivity contribution in [2.24, 2.45) is 5.92 Å². The zero-order valence-corrected chi connectivity index (χ0v) is 5.42. The number of nitrogens with one attached hydrogen (secondary N) is 1. The van der Waals surface area contributed by atoms with Gasteiger partial charge in [-0.2, -0.15) is 0 Å². The molecule has 0 bridgehead atoms. The Bertz CT molecular complexity index is 236. The van der Waals surface area contributed by atoms with Gasteiger partial charge in [-0.05, 0) is 12.8 Å². The highest BCUT2D eigenvalue weighted by atomic mass is 16.1. The lowest BCUT2D eigenvalue weighted by molar-refractivity contribution is 0.0963. The number of hydrogen-bond acceptors (Lipinski definition) is 2. The van der Waals surface area contributed by atoms with Crippen molar-refractivity contribution in [3.63, 3.8) is 0 Å². The molecule has 0 aliphatic heterocycles. The maximum Gasteiger partial charge on any atom is 0.185 e. The Morgan fingerprint density at radius 2 is 2.60 bits per heavy atom. The fourth-order valence-corrected chi connectivity index (χ4v) is 0.906. The van der Waals surface area contributed by atoms with Crippen LogP contribution < -0.4 is 0 Å². The van der Waals surface area contributed by atoms with E-state index in [0.717, 1.165) is 12.8 Å². The summed E-state index contributed by atoms with van der Waals surface area (Å²) in [5.74, 6) is 0.425. The summed E-state index contributed by atoms with van der Waals surface area (Å²) in [6, 6.07) is 0. The highest BCUT2D eigenvalue weighted by Gasteiger charge is 2.31. The van der Waals surface area contributed by atoms with Crippen molar-refractivity contribution in [3.8, 4) is 0 Å². The molecule has 1 heterocycles. The van der Waals surface area contributed by atoms with Crippen LogP contribution in [0.3, 0.4) is 0 Å². The van der Waals surface area contributed by atoms with Crippen molar-refractivity contribution in [2.45, 2.75) is 12.8 Å². The summed E-state index contributed by atoms with van der Waals surface area (Å²) < 4.78 is 0. The van der Waals surface area contributed by atoms with E-state index < -0.39 is 0 Å². The third-order valence-corrected chi connectivity index (χ3v) is 1.65. The van der Waals surface area contributed by atoms with Gasteiger partial charge in [-0.1, -0.05) is 0 Å². The number of ketones is 1. The summed E-state index contributed by atoms with van der Waals surface area (Å²) in [6.45, 7) is 0. The Hall–Kier alpha value is -1.12. The van der Waals surface area contributed by atoms with Gasteiger partial charge < -0.3 is 4.98 Å². The smallest absolute Gasteiger partial charge is 0.185 e. The van der Waals surface area contributed by atoms with E-state index >= 15 is 0 Å². The molecule has 0 aromatic carbocycles. The van der Waals surface area contributed by atoms with Crippen molar-refractivity contribution < 1.29 is 4.79 Å². The summed E-state index contributed by atoms with van der Waals surface area (Å²) in [5.41, 5.74) is 0.530. The van der Waals surface area contributed by atoms with Crippen LogP contribution in [0.5, 0.6) is 0 Å². The molecule has 0 amide bonds. The van der Waals surface area contributed by atoms with Gasteiger partial charge in [0.2, 0.25) is 0 Å². The molecule has 2 rings (SSSR count). The highest BCUT2D eigenvalue weighted by molar-refractivity contribution is 5.97. The van der Waals surface area contributed by atoms with E-state index in [-0.39, 0.29) is 11.7 Å². The van der Waals surface area contributed by atoms with Gasteiger partial charge in [0.1, 0.15) is 5.69 Å². The van der Waals surface area contributed by atoms with Crippen LogP contribution in [0.15, 0.2) is 6.20 Å². The first-order valence-electron chi connectivity index (χ1n) is 3.33. The molecule has 3 nitrogen and oxygen atoms in total. The summed E-state index contributed by atoms with van der Waals surface area (Å²) in [5, 5.41) is 0. The van der Waals surface area contributed by atoms with Gasteiger partial charge in [-0.25, -0.2) is 4.98 Å². The number of aromatic amines is 1. The molecule has 1 aliphatic rings. The average molecular weight is 135 g/mol. The number of imidazole rings is 1. The van der Waals surface area contributed by atoms with E-state index in [1.54, 1.807) is 6.20 Å². The largest absolute Gasteiger partial charge is 0.341 e. The molecule has 0 unspecified atom stereocenters. The monoisotopic (exact) mass is 135 g/mol. The van der Waals surface area contributed by atoms with Crippen LogP contribution in [0.25, 0.3) is 0 Å². The molecule has 1 N–H and O–H groups in total. The third-order valence-electron chi connectivity index (χ3n) is 1.65. The number of Topliss-reactive ketones (excluding diaryl/α,β-unsaturated/α-hetero) is 1. The van der Waals surface area contributed by atoms with E-state index in [0.29, 0.717) is 5.69 Å². The summed E-state index contributed by atoms with van der Waals surface area (Å²) in [7, 11) is 0. The fraction of sp³-hybridized carbons (Fsp3) is 0.429. The number of rotatable bonds is 2. The van der Waals surface area contributed by atoms with Crippen LogP contribution in [0, 0.1) is 12.2 Å². The molecule has 1 saturated carbocycles. The van der Waals surface area contributed by atoms with E-state index in [4.69, 9.17) is 0 Å². The second-order valence-electron chi connectivity index (χ2n) is 2.54. The van der Waals surface area contributed by atoms with Crippen molar-refractivity contribution in [1.29, 1.82) is 0 Å². The normalized spacial score (nSPS) is 17.2. The van der Waals surface area contributed by atoms with Crippen LogP contribution in [0.2, 0.25) is 0 Å². The van der Waals surface area contributed by atoms with Crippen LogP contribution in [0.1, 0.15) is 23.3 Å². The van der Waals surface area contributed by atoms with E-state index in [1.165, 1.54) is 0 Å². The lowest BCUT2D eigenvalue weighted by Gasteiger charge is -1.87. The van der Waals surface area contributed by atoms with Crippen LogP contribution in [-0.2, 0) is 0 Å². The van der Waals surface area contributed by atoms with Crippen molar-refractivity contribution in [1.82, 2.24) is 9.97 Å². The van der Waals surface area contributed by atoms with Gasteiger partial charge in [0.15, 0.2) is 12.1 Å². The van der Waals surface area contributed by atoms with E-state index in [2.05, 4.69) is 16.3 Å². The number of H-pyrrole nitrogens is 1. The van der Waals surface area contributed by atoms with Crippen molar-refractivity contribution in [2.75, 3.05) is 0 Å². The Labute approximate surface area is 58.5 Å². The SMILES string of the molecule is O=C(c1c[nH][c]n1)C1CC1. The predicted octanol–water partition coefficient (Wildman–Crippen LogP) is 0.803. The maximum absolute atomic E-state index is 11.2. The molecular formula is C7H7N2O. The average Bonchev–Trinajstić information content (AvgIpc) is 2.65. The minimum atomic E-state index is 0.164. The molecule has 0 atom stereocenters. The van der Waals surface area contributed by atoms with Gasteiger partial charge >= 0.3 is 0 Å². The van der Waals surface area contributed by atoms with Gasteiger partial charge in [-0.3, -0.25) is 4.79 Å². The second-order valence-corrected chi connectivity index (χ2v) is 2.54. The number of aromatic nitrogens is 2. The fourth-order valence-electron chi connectivity index (χ4n) is 0.906. The van der Waals surface area contributed by atoms with Gasteiger partial charge in [0.25, 0.3) is 0 Å². The van der Waals surface area contributed by atoms with Crippen molar-refractivity contribution in [3.05, 3.63) is 18.2 Å². The maximum atomic E-state index is 11.2. The van der Waals surface area contributed by atoms with Crippen LogP contribution in [-0.4, -0.2) is 15.8 Å². The first-order valence-corrected chi connectivity index (χ1v) is 3.33. The highest BCUT2D eigenvalue weighted by Crippen LogP contribution is 2.31. The van der Waals surface area contributed by atoms with Crippen molar-refractivity contribution >= 4 is 5.78 Å². The van der Waals surface area contributed by atoms with Crippen LogP contribution >= 0.6 is 0 Å². The number of carbonyl (C=O) groups excluding carboxylic acids is 1. The summed E-state index contributed by atoms with van der Waals surface area (Å²) in [6.07, 6.45) is 6.16. The Morgan fingerprint density at radius 3 is 3.10 bits per heavy atom. The molecule has 1 aliphatic carbocycles. The zero-order valence-electron chi connectivity index (χ0n) is 5.42. The molecule has 3 heteroatoms. The number of carbonyl (C=O) groups is 1. The lowest BCUT2D eigenvalue weighted by atomic mass is 10.2. The molecule has 51 valence electrons. The minimum Gasteiger partial charge on any atom is -0.341 e. The molecule has 1 radical (unpaired) electrons. The molecule has 1 aromatic rings. The molecule has 1 aromatic heterocycles. The third kappa shape index (κ3) is 0.835. The van der Waals surface area contributed by atoms with Gasteiger partial charge in [0.05, 0.1) is 0 Å². The first-order chi connectivity index (χ1) is 4.88. The lowest BCUT2D eigenvalue weighted by Crippen LogP contribution is -2.00. The predicted molar refractivity (Wildman–Crippen MR) is 34.5 cm³/mol.